The van der Waals surface area contributed by atoms with E-state index < -0.39 is 0 Å². The smallest absolute Gasteiger partial charge is 0.274 e. The molecule has 0 aromatic carbocycles. The van der Waals surface area contributed by atoms with Crippen LogP contribution < -0.4 is 5.32 Å². The third-order valence-electron chi connectivity index (χ3n) is 3.68. The third kappa shape index (κ3) is 3.30. The summed E-state index contributed by atoms with van der Waals surface area (Å²) in [6.07, 6.45) is 5.92. The minimum atomic E-state index is -0.0623. The van der Waals surface area contributed by atoms with E-state index in [2.05, 4.69) is 15.4 Å². The van der Waals surface area contributed by atoms with Crippen LogP contribution in [0.5, 0.6) is 0 Å². The summed E-state index contributed by atoms with van der Waals surface area (Å²) >= 11 is 1.55. The molecule has 6 nitrogen and oxygen atoms in total. The Morgan fingerprint density at radius 2 is 2.52 bits per heavy atom. The molecule has 0 bridgehead atoms. The molecule has 2 aromatic rings. The molecule has 1 aliphatic rings. The maximum absolute atomic E-state index is 12.4. The molecule has 1 fully saturated rings. The predicted molar refractivity (Wildman–Crippen MR) is 81.3 cm³/mol. The van der Waals surface area contributed by atoms with Gasteiger partial charge in [0.05, 0.1) is 12.6 Å². The highest BCUT2D eigenvalue weighted by molar-refractivity contribution is 7.09. The number of nitrogens with one attached hydrogen (secondary N) is 1. The maximum atomic E-state index is 12.4. The van der Waals surface area contributed by atoms with Crippen molar-refractivity contribution in [3.63, 3.8) is 0 Å². The molecule has 1 unspecified atom stereocenters. The standard InChI is InChI=1S/C14H19N5OS/c1-18(10-13-16-6-8-21-13)14(20)12-4-7-19(17-12)11-3-2-5-15-9-11/h4,6-8,11,15H,2-3,5,9-10H2,1H3. The van der Waals surface area contributed by atoms with Crippen molar-refractivity contribution in [1.29, 1.82) is 0 Å². The van der Waals surface area contributed by atoms with Crippen molar-refractivity contribution in [2.45, 2.75) is 25.4 Å². The number of thiazole rings is 1. The van der Waals surface area contributed by atoms with Crippen molar-refractivity contribution in [2.24, 2.45) is 0 Å². The third-order valence-corrected chi connectivity index (χ3v) is 4.44. The highest BCUT2D eigenvalue weighted by Crippen LogP contribution is 2.16. The lowest BCUT2D eigenvalue weighted by molar-refractivity contribution is 0.0777. The molecule has 21 heavy (non-hydrogen) atoms. The number of nitrogens with zero attached hydrogens (tertiary/aromatic N) is 4. The van der Waals surface area contributed by atoms with Crippen LogP contribution in [0.2, 0.25) is 0 Å². The Bertz CT molecular complexity index is 588. The molecule has 1 atom stereocenters. The normalized spacial score (nSPS) is 18.6. The van der Waals surface area contributed by atoms with Crippen molar-refractivity contribution in [1.82, 2.24) is 25.0 Å². The van der Waals surface area contributed by atoms with E-state index in [1.54, 1.807) is 35.5 Å². The van der Waals surface area contributed by atoms with Gasteiger partial charge in [-0.1, -0.05) is 0 Å². The lowest BCUT2D eigenvalue weighted by Crippen LogP contribution is -2.32. The van der Waals surface area contributed by atoms with E-state index in [1.807, 2.05) is 16.3 Å². The maximum Gasteiger partial charge on any atom is 0.274 e. The Balaban J connectivity index is 1.65. The van der Waals surface area contributed by atoms with Crippen LogP contribution in [0.1, 0.15) is 34.4 Å². The molecule has 3 rings (SSSR count). The van der Waals surface area contributed by atoms with Crippen molar-refractivity contribution in [3.05, 3.63) is 34.5 Å². The number of carbonyl (C=O) groups is 1. The van der Waals surface area contributed by atoms with Gasteiger partial charge in [0.2, 0.25) is 0 Å². The molecule has 7 heteroatoms. The summed E-state index contributed by atoms with van der Waals surface area (Å²) in [6.45, 7) is 2.51. The number of piperidine rings is 1. The van der Waals surface area contributed by atoms with Crippen LogP contribution in [0, 0.1) is 0 Å². The zero-order valence-electron chi connectivity index (χ0n) is 12.0. The molecule has 1 N–H and O–H groups in total. The molecule has 3 heterocycles. The van der Waals surface area contributed by atoms with E-state index >= 15 is 0 Å². The van der Waals surface area contributed by atoms with Gasteiger partial charge in [-0.15, -0.1) is 11.3 Å². The number of hydrogen-bond donors (Lipinski definition) is 1. The minimum absolute atomic E-state index is 0.0623. The molecule has 0 aliphatic carbocycles. The Labute approximate surface area is 127 Å². The zero-order chi connectivity index (χ0) is 14.7. The lowest BCUT2D eigenvalue weighted by Gasteiger charge is -2.23. The second kappa shape index (κ2) is 6.36. The van der Waals surface area contributed by atoms with Gasteiger partial charge in [-0.2, -0.15) is 5.10 Å². The fourth-order valence-corrected chi connectivity index (χ4v) is 3.18. The van der Waals surface area contributed by atoms with Gasteiger partial charge in [-0.25, -0.2) is 4.98 Å². The highest BCUT2D eigenvalue weighted by atomic mass is 32.1. The summed E-state index contributed by atoms with van der Waals surface area (Å²) in [4.78, 5) is 18.2. The van der Waals surface area contributed by atoms with Crippen molar-refractivity contribution in [3.8, 4) is 0 Å². The fraction of sp³-hybridized carbons (Fsp3) is 0.500. The van der Waals surface area contributed by atoms with E-state index in [0.29, 0.717) is 18.3 Å². The van der Waals surface area contributed by atoms with Crippen LogP contribution in [0.15, 0.2) is 23.8 Å². The first-order valence-corrected chi connectivity index (χ1v) is 8.01. The number of hydrogen-bond acceptors (Lipinski definition) is 5. The lowest BCUT2D eigenvalue weighted by atomic mass is 10.1. The molecule has 112 valence electrons. The molecule has 0 radical (unpaired) electrons. The summed E-state index contributed by atoms with van der Waals surface area (Å²) in [5.74, 6) is -0.0623. The van der Waals surface area contributed by atoms with Crippen LogP contribution in [0.4, 0.5) is 0 Å². The van der Waals surface area contributed by atoms with Crippen LogP contribution in [0.25, 0.3) is 0 Å². The van der Waals surface area contributed by atoms with E-state index in [0.717, 1.165) is 30.9 Å². The molecule has 0 saturated carbocycles. The molecular formula is C14H19N5OS. The van der Waals surface area contributed by atoms with Gasteiger partial charge in [0.25, 0.3) is 5.91 Å². The Hall–Kier alpha value is -1.73. The average molecular weight is 305 g/mol. The molecule has 1 aliphatic heterocycles. The van der Waals surface area contributed by atoms with Gasteiger partial charge in [-0.3, -0.25) is 9.48 Å². The monoisotopic (exact) mass is 305 g/mol. The second-order valence-electron chi connectivity index (χ2n) is 5.27. The van der Waals surface area contributed by atoms with Crippen molar-refractivity contribution >= 4 is 17.2 Å². The van der Waals surface area contributed by atoms with E-state index in [-0.39, 0.29) is 5.91 Å². The van der Waals surface area contributed by atoms with Crippen LogP contribution in [-0.4, -0.2) is 45.7 Å². The van der Waals surface area contributed by atoms with Gasteiger partial charge in [0.1, 0.15) is 10.7 Å². The summed E-state index contributed by atoms with van der Waals surface area (Å²) in [7, 11) is 1.78. The van der Waals surface area contributed by atoms with Crippen LogP contribution in [-0.2, 0) is 6.54 Å². The van der Waals surface area contributed by atoms with Gasteiger partial charge in [0.15, 0.2) is 0 Å². The predicted octanol–water partition coefficient (Wildman–Crippen LogP) is 1.54. The molecule has 0 spiro atoms. The Morgan fingerprint density at radius 1 is 1.62 bits per heavy atom. The summed E-state index contributed by atoms with van der Waals surface area (Å²) in [5.41, 5.74) is 0.500. The van der Waals surface area contributed by atoms with Gasteiger partial charge in [0, 0.05) is 31.4 Å². The first kappa shape index (κ1) is 14.2. The Morgan fingerprint density at radius 3 is 3.24 bits per heavy atom. The zero-order valence-corrected chi connectivity index (χ0v) is 12.8. The number of aromatic nitrogens is 3. The largest absolute Gasteiger partial charge is 0.334 e. The Kier molecular flexibility index (Phi) is 4.31. The summed E-state index contributed by atoms with van der Waals surface area (Å²) in [6, 6.07) is 2.15. The number of amides is 1. The second-order valence-corrected chi connectivity index (χ2v) is 6.25. The summed E-state index contributed by atoms with van der Waals surface area (Å²) in [5, 5.41) is 10.7. The fourth-order valence-electron chi connectivity index (χ4n) is 2.52. The quantitative estimate of drug-likeness (QED) is 0.930. The first-order valence-electron chi connectivity index (χ1n) is 7.14. The number of carbonyl (C=O) groups excluding carboxylic acids is 1. The van der Waals surface area contributed by atoms with Gasteiger partial charge >= 0.3 is 0 Å². The van der Waals surface area contributed by atoms with Crippen LogP contribution in [0.3, 0.4) is 0 Å². The van der Waals surface area contributed by atoms with E-state index in [1.165, 1.54) is 0 Å². The summed E-state index contributed by atoms with van der Waals surface area (Å²) < 4.78 is 1.91. The highest BCUT2D eigenvalue weighted by Gasteiger charge is 2.19. The van der Waals surface area contributed by atoms with Crippen LogP contribution >= 0.6 is 11.3 Å². The molecular weight excluding hydrogens is 286 g/mol. The molecule has 1 saturated heterocycles. The van der Waals surface area contributed by atoms with Crippen molar-refractivity contribution < 1.29 is 4.79 Å². The molecule has 1 amide bonds. The van der Waals surface area contributed by atoms with E-state index in [4.69, 9.17) is 0 Å². The topological polar surface area (TPSA) is 63.1 Å². The average Bonchev–Trinajstić information content (AvgIpc) is 3.18. The molecule has 2 aromatic heterocycles. The van der Waals surface area contributed by atoms with E-state index in [9.17, 15) is 4.79 Å². The first-order chi connectivity index (χ1) is 10.2. The van der Waals surface area contributed by atoms with Crippen molar-refractivity contribution in [2.75, 3.05) is 20.1 Å². The number of rotatable bonds is 4. The SMILES string of the molecule is CN(Cc1nccs1)C(=O)c1ccn(C2CCCNC2)n1. The van der Waals surface area contributed by atoms with Gasteiger partial charge in [-0.05, 0) is 25.5 Å². The minimum Gasteiger partial charge on any atom is -0.334 e. The van der Waals surface area contributed by atoms with Gasteiger partial charge < -0.3 is 10.2 Å².